The van der Waals surface area contributed by atoms with E-state index in [0.717, 1.165) is 59.8 Å². The third-order valence-corrected chi connectivity index (χ3v) is 9.17. The Balaban J connectivity index is 1.48. The van der Waals surface area contributed by atoms with Crippen molar-refractivity contribution in [3.63, 3.8) is 0 Å². The first kappa shape index (κ1) is 30.3. The van der Waals surface area contributed by atoms with Crippen LogP contribution in [0.5, 0.6) is 11.5 Å². The minimum atomic E-state index is -0.972. The van der Waals surface area contributed by atoms with E-state index in [0.29, 0.717) is 17.1 Å². The van der Waals surface area contributed by atoms with Gasteiger partial charge in [-0.05, 0) is 57.0 Å². The number of esters is 1. The van der Waals surface area contributed by atoms with E-state index in [4.69, 9.17) is 9.47 Å². The normalized spacial score (nSPS) is 14.0. The Labute approximate surface area is 266 Å². The maximum atomic E-state index is 14.3. The number of hydrogen-bond acceptors (Lipinski definition) is 6. The standard InChI is InChI=1S/C38H41N3O4/c1-5-39(6-2)28-18-20-32-34(24-28)45-35-25-29(40(7-3)8-4)19-21-33(35)38(32)31-17-13-12-16-30(31)37(43)41(38)23-22-36(42)44-26-27-14-10-9-11-15-27/h9-21,24-25H,5-8,22-23,26H2,1-4H3. The van der Waals surface area contributed by atoms with E-state index < -0.39 is 5.54 Å². The number of fused-ring (bicyclic) bond motifs is 6. The molecule has 2 heterocycles. The molecule has 0 fully saturated rings. The van der Waals surface area contributed by atoms with E-state index in [1.807, 2.05) is 59.5 Å². The van der Waals surface area contributed by atoms with Crippen LogP contribution in [0.3, 0.4) is 0 Å². The second-order valence-electron chi connectivity index (χ2n) is 11.4. The minimum absolute atomic E-state index is 0.0644. The van der Waals surface area contributed by atoms with Gasteiger partial charge < -0.3 is 24.2 Å². The van der Waals surface area contributed by atoms with Gasteiger partial charge in [-0.2, -0.15) is 0 Å². The van der Waals surface area contributed by atoms with Crippen LogP contribution in [0.4, 0.5) is 11.4 Å². The fourth-order valence-corrected chi connectivity index (χ4v) is 6.91. The van der Waals surface area contributed by atoms with Crippen molar-refractivity contribution in [1.82, 2.24) is 4.90 Å². The summed E-state index contributed by atoms with van der Waals surface area (Å²) >= 11 is 0. The average Bonchev–Trinajstić information content (AvgIpc) is 3.32. The van der Waals surface area contributed by atoms with Gasteiger partial charge >= 0.3 is 5.97 Å². The van der Waals surface area contributed by atoms with E-state index in [2.05, 4.69) is 73.9 Å². The molecule has 4 aromatic rings. The molecule has 0 saturated heterocycles. The molecule has 6 rings (SSSR count). The summed E-state index contributed by atoms with van der Waals surface area (Å²) in [5.74, 6) is 0.967. The molecule has 4 aromatic carbocycles. The third kappa shape index (κ3) is 5.20. The minimum Gasteiger partial charge on any atom is -0.461 e. The molecule has 0 N–H and O–H groups in total. The number of hydrogen-bond donors (Lipinski definition) is 0. The molecule has 232 valence electrons. The Kier molecular flexibility index (Phi) is 8.52. The van der Waals surface area contributed by atoms with Gasteiger partial charge in [0.05, 0.1) is 6.42 Å². The Hall–Kier alpha value is -4.78. The number of carbonyl (C=O) groups excluding carboxylic acids is 2. The zero-order valence-corrected chi connectivity index (χ0v) is 26.6. The van der Waals surface area contributed by atoms with Gasteiger partial charge in [0.2, 0.25) is 0 Å². The molecule has 0 aromatic heterocycles. The molecule has 0 aliphatic carbocycles. The van der Waals surface area contributed by atoms with Crippen molar-refractivity contribution >= 4 is 23.3 Å². The van der Waals surface area contributed by atoms with Crippen LogP contribution in [0, 0.1) is 0 Å². The van der Waals surface area contributed by atoms with E-state index in [-0.39, 0.29) is 31.4 Å². The monoisotopic (exact) mass is 603 g/mol. The predicted octanol–water partition coefficient (Wildman–Crippen LogP) is 7.37. The number of carbonyl (C=O) groups is 2. The summed E-state index contributed by atoms with van der Waals surface area (Å²) in [5, 5.41) is 0. The summed E-state index contributed by atoms with van der Waals surface area (Å²) in [6, 6.07) is 30.0. The number of anilines is 2. The van der Waals surface area contributed by atoms with Gasteiger partial charge in [-0.25, -0.2) is 0 Å². The summed E-state index contributed by atoms with van der Waals surface area (Å²) in [6.45, 7) is 12.4. The van der Waals surface area contributed by atoms with Crippen LogP contribution in [-0.4, -0.2) is 49.5 Å². The molecule has 2 aliphatic rings. The van der Waals surface area contributed by atoms with Crippen molar-refractivity contribution in [3.8, 4) is 11.5 Å². The summed E-state index contributed by atoms with van der Waals surface area (Å²) in [5.41, 5.74) is 5.37. The molecule has 0 atom stereocenters. The van der Waals surface area contributed by atoms with E-state index in [1.165, 1.54) is 0 Å². The Bertz CT molecular complexity index is 1630. The number of amides is 1. The van der Waals surface area contributed by atoms with Crippen LogP contribution in [-0.2, 0) is 21.7 Å². The van der Waals surface area contributed by atoms with Gasteiger partial charge in [0.25, 0.3) is 5.91 Å². The van der Waals surface area contributed by atoms with Crippen molar-refractivity contribution < 1.29 is 19.1 Å². The van der Waals surface area contributed by atoms with Crippen molar-refractivity contribution in [2.24, 2.45) is 0 Å². The van der Waals surface area contributed by atoms with Crippen LogP contribution in [0.15, 0.2) is 91.0 Å². The fourth-order valence-electron chi connectivity index (χ4n) is 6.91. The topological polar surface area (TPSA) is 62.3 Å². The SMILES string of the molecule is CCN(CC)c1ccc2c(c1)Oc1cc(N(CC)CC)ccc1C21c2ccccc2C(=O)N1CCC(=O)OCc1ccccc1. The molecule has 0 bridgehead atoms. The summed E-state index contributed by atoms with van der Waals surface area (Å²) in [7, 11) is 0. The van der Waals surface area contributed by atoms with Gasteiger partial charge in [-0.3, -0.25) is 9.59 Å². The lowest BCUT2D eigenvalue weighted by Crippen LogP contribution is -2.48. The van der Waals surface area contributed by atoms with Gasteiger partial charge in [-0.15, -0.1) is 0 Å². The van der Waals surface area contributed by atoms with Crippen LogP contribution >= 0.6 is 0 Å². The number of benzene rings is 4. The van der Waals surface area contributed by atoms with Crippen LogP contribution in [0.2, 0.25) is 0 Å². The average molecular weight is 604 g/mol. The van der Waals surface area contributed by atoms with Gasteiger partial charge in [-0.1, -0.05) is 60.7 Å². The van der Waals surface area contributed by atoms with Gasteiger partial charge in [0.15, 0.2) is 0 Å². The highest BCUT2D eigenvalue weighted by Crippen LogP contribution is 2.58. The second kappa shape index (κ2) is 12.7. The smallest absolute Gasteiger partial charge is 0.307 e. The molecule has 2 aliphatic heterocycles. The quantitative estimate of drug-likeness (QED) is 0.167. The van der Waals surface area contributed by atoms with Crippen LogP contribution < -0.4 is 14.5 Å². The lowest BCUT2D eigenvalue weighted by molar-refractivity contribution is -0.145. The first-order valence-corrected chi connectivity index (χ1v) is 16.0. The van der Waals surface area contributed by atoms with Crippen molar-refractivity contribution in [2.75, 3.05) is 42.5 Å². The summed E-state index contributed by atoms with van der Waals surface area (Å²) < 4.78 is 12.4. The Morgan fingerprint density at radius 2 is 1.29 bits per heavy atom. The second-order valence-corrected chi connectivity index (χ2v) is 11.4. The molecule has 45 heavy (non-hydrogen) atoms. The highest BCUT2D eigenvalue weighted by atomic mass is 16.5. The fraction of sp³-hybridized carbons (Fsp3) is 0.316. The Morgan fingerprint density at radius 1 is 0.733 bits per heavy atom. The lowest BCUT2D eigenvalue weighted by Gasteiger charge is -2.44. The molecular weight excluding hydrogens is 562 g/mol. The molecule has 7 heteroatoms. The molecule has 7 nitrogen and oxygen atoms in total. The highest BCUT2D eigenvalue weighted by molar-refractivity contribution is 6.02. The molecule has 0 saturated carbocycles. The van der Waals surface area contributed by atoms with Gasteiger partial charge in [0.1, 0.15) is 23.6 Å². The molecule has 0 unspecified atom stereocenters. The van der Waals surface area contributed by atoms with E-state index in [1.54, 1.807) is 0 Å². The molecular formula is C38H41N3O4. The lowest BCUT2D eigenvalue weighted by atomic mass is 9.74. The molecule has 1 amide bonds. The van der Waals surface area contributed by atoms with Gasteiger partial charge in [0, 0.05) is 72.9 Å². The summed E-state index contributed by atoms with van der Waals surface area (Å²) in [4.78, 5) is 33.8. The van der Waals surface area contributed by atoms with E-state index >= 15 is 0 Å². The zero-order valence-electron chi connectivity index (χ0n) is 26.6. The largest absolute Gasteiger partial charge is 0.461 e. The highest BCUT2D eigenvalue weighted by Gasteiger charge is 2.56. The molecule has 0 radical (unpaired) electrons. The van der Waals surface area contributed by atoms with Crippen molar-refractivity contribution in [3.05, 3.63) is 119 Å². The van der Waals surface area contributed by atoms with Crippen LogP contribution in [0.25, 0.3) is 0 Å². The van der Waals surface area contributed by atoms with Crippen molar-refractivity contribution in [1.29, 1.82) is 0 Å². The number of ether oxygens (including phenoxy) is 2. The first-order chi connectivity index (χ1) is 22.0. The summed E-state index contributed by atoms with van der Waals surface area (Å²) in [6.07, 6.45) is 0.0644. The maximum absolute atomic E-state index is 14.3. The first-order valence-electron chi connectivity index (χ1n) is 16.0. The molecule has 1 spiro atoms. The van der Waals surface area contributed by atoms with Crippen molar-refractivity contribution in [2.45, 2.75) is 46.3 Å². The number of nitrogens with zero attached hydrogens (tertiary/aromatic N) is 3. The maximum Gasteiger partial charge on any atom is 0.307 e. The van der Waals surface area contributed by atoms with E-state index in [9.17, 15) is 9.59 Å². The number of rotatable bonds is 11. The zero-order chi connectivity index (χ0) is 31.6. The predicted molar refractivity (Wildman–Crippen MR) is 178 cm³/mol. The third-order valence-electron chi connectivity index (χ3n) is 9.17. The van der Waals surface area contributed by atoms with Crippen LogP contribution in [0.1, 0.15) is 66.7 Å². The Morgan fingerprint density at radius 3 is 1.87 bits per heavy atom.